The quantitative estimate of drug-likeness (QED) is 0.345. The number of nitrogens with one attached hydrogen (secondary N) is 1. The summed E-state index contributed by atoms with van der Waals surface area (Å²) in [6.45, 7) is 3.53. The van der Waals surface area contributed by atoms with E-state index >= 15 is 0 Å². The summed E-state index contributed by atoms with van der Waals surface area (Å²) >= 11 is 1.50. The molecule has 1 N–H and O–H groups in total. The van der Waals surface area contributed by atoms with Crippen LogP contribution in [0.25, 0.3) is 11.0 Å². The molecule has 5 rings (SSSR count). The van der Waals surface area contributed by atoms with Gasteiger partial charge in [0.05, 0.1) is 11.6 Å². The van der Waals surface area contributed by atoms with E-state index in [-0.39, 0.29) is 24.5 Å². The molecule has 1 aliphatic rings. The van der Waals surface area contributed by atoms with Crippen molar-refractivity contribution < 1.29 is 14.3 Å². The van der Waals surface area contributed by atoms with Crippen LogP contribution < -0.4 is 5.32 Å². The van der Waals surface area contributed by atoms with E-state index in [4.69, 9.17) is 4.74 Å². The molecule has 1 aliphatic heterocycles. The molecule has 2 aromatic carbocycles. The molecule has 8 nitrogen and oxygen atoms in total. The maximum atomic E-state index is 13.9. The first-order valence-electron chi connectivity index (χ1n) is 12.6. The van der Waals surface area contributed by atoms with E-state index in [1.54, 1.807) is 9.58 Å². The van der Waals surface area contributed by atoms with E-state index in [1.807, 2.05) is 73.0 Å². The van der Waals surface area contributed by atoms with Crippen molar-refractivity contribution in [2.24, 2.45) is 0 Å². The molecule has 3 heterocycles. The number of rotatable bonds is 10. The molecule has 0 saturated carbocycles. The van der Waals surface area contributed by atoms with Gasteiger partial charge in [-0.15, -0.1) is 16.4 Å². The van der Waals surface area contributed by atoms with Gasteiger partial charge in [0.1, 0.15) is 18.1 Å². The van der Waals surface area contributed by atoms with Gasteiger partial charge in [-0.25, -0.2) is 4.68 Å². The number of amides is 2. The summed E-state index contributed by atoms with van der Waals surface area (Å²) in [6, 6.07) is 18.8. The Morgan fingerprint density at radius 2 is 1.97 bits per heavy atom. The Labute approximate surface area is 220 Å². The zero-order valence-corrected chi connectivity index (χ0v) is 21.7. The Hall–Kier alpha value is -3.56. The van der Waals surface area contributed by atoms with Crippen LogP contribution in [0.3, 0.4) is 0 Å². The Morgan fingerprint density at radius 3 is 2.73 bits per heavy atom. The topological polar surface area (TPSA) is 89.4 Å². The molecule has 4 aromatic rings. The zero-order valence-electron chi connectivity index (χ0n) is 20.9. The van der Waals surface area contributed by atoms with Gasteiger partial charge < -0.3 is 15.0 Å². The molecule has 0 aliphatic carbocycles. The van der Waals surface area contributed by atoms with Gasteiger partial charge in [-0.1, -0.05) is 47.7 Å². The molecule has 9 heteroatoms. The number of thiophene rings is 1. The average Bonchev–Trinajstić information content (AvgIpc) is 3.68. The average molecular weight is 518 g/mol. The maximum absolute atomic E-state index is 13.9. The first kappa shape index (κ1) is 25.1. The largest absolute Gasteiger partial charge is 0.376 e. The van der Waals surface area contributed by atoms with Gasteiger partial charge in [-0.3, -0.25) is 9.59 Å². The fourth-order valence-electron chi connectivity index (χ4n) is 4.73. The minimum absolute atomic E-state index is 0.00472. The van der Waals surface area contributed by atoms with Crippen molar-refractivity contribution in [3.63, 3.8) is 0 Å². The van der Waals surface area contributed by atoms with E-state index in [0.29, 0.717) is 19.5 Å². The minimum atomic E-state index is -0.743. The van der Waals surface area contributed by atoms with Gasteiger partial charge in [-0.05, 0) is 60.9 Å². The normalized spacial score (nSPS) is 16.1. The highest BCUT2D eigenvalue weighted by atomic mass is 32.1. The van der Waals surface area contributed by atoms with Crippen LogP contribution in [-0.2, 0) is 27.3 Å². The summed E-state index contributed by atoms with van der Waals surface area (Å²) in [5.41, 5.74) is 3.61. The Morgan fingerprint density at radius 1 is 1.16 bits per heavy atom. The van der Waals surface area contributed by atoms with Crippen molar-refractivity contribution in [3.8, 4) is 0 Å². The molecule has 192 valence electrons. The highest BCUT2D eigenvalue weighted by Crippen LogP contribution is 2.30. The maximum Gasteiger partial charge on any atom is 0.248 e. The Kier molecular flexibility index (Phi) is 7.91. The van der Waals surface area contributed by atoms with Gasteiger partial charge in [0.15, 0.2) is 0 Å². The van der Waals surface area contributed by atoms with Crippen LogP contribution in [0.5, 0.6) is 0 Å². The number of hydrogen-bond donors (Lipinski definition) is 1. The summed E-state index contributed by atoms with van der Waals surface area (Å²) in [4.78, 5) is 30.2. The summed E-state index contributed by atoms with van der Waals surface area (Å²) in [5.74, 6) is -0.373. The first-order chi connectivity index (χ1) is 18.1. The van der Waals surface area contributed by atoms with Gasteiger partial charge in [0.2, 0.25) is 11.8 Å². The third-order valence-corrected chi connectivity index (χ3v) is 7.82. The van der Waals surface area contributed by atoms with Crippen LogP contribution in [0.1, 0.15) is 34.9 Å². The molecule has 0 spiro atoms. The lowest BCUT2D eigenvalue weighted by atomic mass is 10.1. The van der Waals surface area contributed by atoms with Crippen LogP contribution >= 0.6 is 11.3 Å². The number of carbonyl (C=O) groups is 2. The van der Waals surface area contributed by atoms with Crippen molar-refractivity contribution in [2.75, 3.05) is 19.7 Å². The Balaban J connectivity index is 1.44. The van der Waals surface area contributed by atoms with Crippen LogP contribution in [0.2, 0.25) is 0 Å². The molecule has 0 unspecified atom stereocenters. The molecule has 2 aromatic heterocycles. The lowest BCUT2D eigenvalue weighted by molar-refractivity contribution is -0.141. The predicted molar refractivity (Wildman–Crippen MR) is 143 cm³/mol. The van der Waals surface area contributed by atoms with Crippen molar-refractivity contribution in [3.05, 3.63) is 82.0 Å². The molecule has 2 amide bonds. The van der Waals surface area contributed by atoms with E-state index < -0.39 is 6.04 Å². The zero-order chi connectivity index (χ0) is 25.6. The molecule has 37 heavy (non-hydrogen) atoms. The first-order valence-corrected chi connectivity index (χ1v) is 13.5. The van der Waals surface area contributed by atoms with Crippen molar-refractivity contribution in [1.82, 2.24) is 25.2 Å². The van der Waals surface area contributed by atoms with Crippen LogP contribution in [0, 0.1) is 6.92 Å². The number of carbonyl (C=O) groups excluding carboxylic acids is 2. The van der Waals surface area contributed by atoms with Gasteiger partial charge in [0.25, 0.3) is 0 Å². The standard InChI is InChI=1S/C28H31N5O3S/c1-20-14-17-37-27(20)26(28(35)29-18-22-10-7-16-36-22)32(15-13-21-8-3-2-4-9-21)25(34)19-33-24-12-6-5-11-23(24)30-31-33/h2-6,8-9,11-12,14,17,22,26H,7,10,13,15-16,18-19H2,1H3,(H,29,35)/t22-,26-/m1/s1. The smallest absolute Gasteiger partial charge is 0.248 e. The number of fused-ring (bicyclic) bond motifs is 1. The minimum Gasteiger partial charge on any atom is -0.376 e. The second-order valence-electron chi connectivity index (χ2n) is 9.31. The second kappa shape index (κ2) is 11.7. The lowest BCUT2D eigenvalue weighted by Crippen LogP contribution is -2.47. The van der Waals surface area contributed by atoms with Gasteiger partial charge in [0, 0.05) is 24.6 Å². The van der Waals surface area contributed by atoms with E-state index in [0.717, 1.165) is 46.5 Å². The number of hydrogen-bond acceptors (Lipinski definition) is 6. The summed E-state index contributed by atoms with van der Waals surface area (Å²) in [5, 5.41) is 13.5. The van der Waals surface area contributed by atoms with Gasteiger partial charge in [-0.2, -0.15) is 0 Å². The van der Waals surface area contributed by atoms with Crippen molar-refractivity contribution in [1.29, 1.82) is 0 Å². The second-order valence-corrected chi connectivity index (χ2v) is 10.3. The summed E-state index contributed by atoms with van der Waals surface area (Å²) < 4.78 is 7.32. The molecule has 1 fully saturated rings. The van der Waals surface area contributed by atoms with E-state index in [9.17, 15) is 9.59 Å². The van der Waals surface area contributed by atoms with Crippen molar-refractivity contribution in [2.45, 2.75) is 44.9 Å². The number of nitrogens with zero attached hydrogens (tertiary/aromatic N) is 4. The molecular weight excluding hydrogens is 486 g/mol. The fraction of sp³-hybridized carbons (Fsp3) is 0.357. The highest BCUT2D eigenvalue weighted by Gasteiger charge is 2.34. The number of aryl methyl sites for hydroxylation is 1. The third kappa shape index (κ3) is 5.89. The number of ether oxygens (including phenoxy) is 1. The molecular formula is C28H31N5O3S. The Bertz CT molecular complexity index is 1350. The van der Waals surface area contributed by atoms with Gasteiger partial charge >= 0.3 is 0 Å². The third-order valence-electron chi connectivity index (χ3n) is 6.75. The highest BCUT2D eigenvalue weighted by molar-refractivity contribution is 7.10. The van der Waals surface area contributed by atoms with Crippen LogP contribution in [0.4, 0.5) is 0 Å². The molecule has 1 saturated heterocycles. The van der Waals surface area contributed by atoms with Crippen LogP contribution in [-0.4, -0.2) is 57.5 Å². The predicted octanol–water partition coefficient (Wildman–Crippen LogP) is 3.91. The molecule has 2 atom stereocenters. The number of aromatic nitrogens is 3. The van der Waals surface area contributed by atoms with Crippen LogP contribution in [0.15, 0.2) is 66.0 Å². The number of benzene rings is 2. The summed E-state index contributed by atoms with van der Waals surface area (Å²) in [7, 11) is 0. The van der Waals surface area contributed by atoms with Crippen molar-refractivity contribution >= 4 is 34.2 Å². The fourth-order valence-corrected chi connectivity index (χ4v) is 5.76. The monoisotopic (exact) mass is 517 g/mol. The lowest BCUT2D eigenvalue weighted by Gasteiger charge is -2.31. The SMILES string of the molecule is Cc1ccsc1[C@H](C(=O)NC[C@H]1CCCO1)N(CCc1ccccc1)C(=O)Cn1nnc2ccccc21. The van der Waals surface area contributed by atoms with E-state index in [2.05, 4.69) is 15.6 Å². The van der Waals surface area contributed by atoms with E-state index in [1.165, 1.54) is 11.3 Å². The summed E-state index contributed by atoms with van der Waals surface area (Å²) in [6.07, 6.45) is 2.58. The number of para-hydroxylation sites is 1. The molecule has 0 radical (unpaired) electrons. The molecule has 0 bridgehead atoms.